The second-order valence-corrected chi connectivity index (χ2v) is 4.48. The van der Waals surface area contributed by atoms with Gasteiger partial charge in [0.05, 0.1) is 6.61 Å². The highest BCUT2D eigenvalue weighted by Crippen LogP contribution is 2.24. The molecule has 0 fully saturated rings. The van der Waals surface area contributed by atoms with Crippen LogP contribution in [0.1, 0.15) is 25.3 Å². The molecule has 2 nitrogen and oxygen atoms in total. The van der Waals surface area contributed by atoms with Crippen molar-refractivity contribution in [3.63, 3.8) is 0 Å². The number of ether oxygens (including phenoxy) is 1. The van der Waals surface area contributed by atoms with Crippen molar-refractivity contribution in [1.29, 1.82) is 0 Å². The normalized spacial score (nSPS) is 12.6. The Labute approximate surface area is 98.4 Å². The Hall–Kier alpha value is -0.290. The first kappa shape index (κ1) is 11.8. The van der Waals surface area contributed by atoms with E-state index >= 15 is 0 Å². The summed E-state index contributed by atoms with van der Waals surface area (Å²) in [6.07, 6.45) is 0. The maximum atomic E-state index is 9.06. The summed E-state index contributed by atoms with van der Waals surface area (Å²) in [6, 6.07) is 6.06. The van der Waals surface area contributed by atoms with E-state index in [1.165, 1.54) is 0 Å². The first-order valence-corrected chi connectivity index (χ1v) is 5.79. The van der Waals surface area contributed by atoms with Crippen LogP contribution in [-0.2, 0) is 0 Å². The molecule has 0 aliphatic carbocycles. The summed E-state index contributed by atoms with van der Waals surface area (Å²) in [5.74, 6) is 1.05. The molecule has 0 saturated carbocycles. The molecule has 3 heteroatoms. The van der Waals surface area contributed by atoms with Gasteiger partial charge in [-0.05, 0) is 53.3 Å². The molecule has 1 aromatic rings. The smallest absolute Gasteiger partial charge is 0.120 e. The van der Waals surface area contributed by atoms with E-state index in [9.17, 15) is 0 Å². The van der Waals surface area contributed by atoms with Gasteiger partial charge in [0.1, 0.15) is 5.75 Å². The third-order valence-electron chi connectivity index (χ3n) is 2.05. The van der Waals surface area contributed by atoms with E-state index in [1.54, 1.807) is 0 Å². The second-order valence-electron chi connectivity index (χ2n) is 3.24. The van der Waals surface area contributed by atoms with Crippen LogP contribution in [0.3, 0.4) is 0 Å². The Morgan fingerprint density at radius 3 is 2.71 bits per heavy atom. The summed E-state index contributed by atoms with van der Waals surface area (Å²) < 4.78 is 6.58. The van der Waals surface area contributed by atoms with Crippen molar-refractivity contribution in [1.82, 2.24) is 0 Å². The van der Waals surface area contributed by atoms with Gasteiger partial charge in [0.2, 0.25) is 0 Å². The Kier molecular flexibility index (Phi) is 4.68. The highest BCUT2D eigenvalue weighted by molar-refractivity contribution is 14.1. The molecule has 1 N–H and O–H groups in total. The quantitative estimate of drug-likeness (QED) is 0.867. The standard InChI is InChI=1S/C11H15IO2/c1-3-14-11-5-9(8(2)7-13)4-10(12)6-11/h4-6,8,13H,3,7H2,1-2H3. The molecule has 0 aliphatic heterocycles. The van der Waals surface area contributed by atoms with Crippen LogP contribution in [0.25, 0.3) is 0 Å². The van der Waals surface area contributed by atoms with Gasteiger partial charge in [-0.25, -0.2) is 0 Å². The molecule has 0 aliphatic rings. The van der Waals surface area contributed by atoms with Gasteiger partial charge in [-0.3, -0.25) is 0 Å². The van der Waals surface area contributed by atoms with Gasteiger partial charge in [-0.2, -0.15) is 0 Å². The van der Waals surface area contributed by atoms with Gasteiger partial charge in [0, 0.05) is 16.1 Å². The van der Waals surface area contributed by atoms with Gasteiger partial charge in [0.15, 0.2) is 0 Å². The van der Waals surface area contributed by atoms with Crippen molar-refractivity contribution in [3.8, 4) is 5.75 Å². The number of halogens is 1. The number of rotatable bonds is 4. The zero-order valence-electron chi connectivity index (χ0n) is 8.46. The lowest BCUT2D eigenvalue weighted by Gasteiger charge is -2.11. The van der Waals surface area contributed by atoms with Crippen LogP contribution in [0.4, 0.5) is 0 Å². The zero-order valence-corrected chi connectivity index (χ0v) is 10.6. The molecule has 1 atom stereocenters. The fourth-order valence-corrected chi connectivity index (χ4v) is 1.89. The van der Waals surface area contributed by atoms with Gasteiger partial charge in [-0.1, -0.05) is 6.92 Å². The topological polar surface area (TPSA) is 29.5 Å². The van der Waals surface area contributed by atoms with Crippen LogP contribution in [0.2, 0.25) is 0 Å². The highest BCUT2D eigenvalue weighted by atomic mass is 127. The summed E-state index contributed by atoms with van der Waals surface area (Å²) in [7, 11) is 0. The fraction of sp³-hybridized carbons (Fsp3) is 0.455. The van der Waals surface area contributed by atoms with Crippen LogP contribution < -0.4 is 4.74 Å². The maximum Gasteiger partial charge on any atom is 0.120 e. The molecule has 78 valence electrons. The number of hydrogen-bond acceptors (Lipinski definition) is 2. The number of aliphatic hydroxyl groups is 1. The van der Waals surface area contributed by atoms with E-state index in [-0.39, 0.29) is 12.5 Å². The maximum absolute atomic E-state index is 9.06. The third kappa shape index (κ3) is 3.13. The molecule has 0 bridgehead atoms. The van der Waals surface area contributed by atoms with Crippen molar-refractivity contribution in [2.45, 2.75) is 19.8 Å². The fourth-order valence-electron chi connectivity index (χ4n) is 1.22. The molecule has 1 rings (SSSR count). The van der Waals surface area contributed by atoms with E-state index in [0.717, 1.165) is 14.9 Å². The monoisotopic (exact) mass is 306 g/mol. The zero-order chi connectivity index (χ0) is 10.6. The molecule has 0 aromatic heterocycles. The molecule has 0 spiro atoms. The van der Waals surface area contributed by atoms with Crippen molar-refractivity contribution < 1.29 is 9.84 Å². The predicted octanol–water partition coefficient (Wildman–Crippen LogP) is 2.79. The summed E-state index contributed by atoms with van der Waals surface area (Å²) in [6.45, 7) is 4.81. The molecule has 0 heterocycles. The molecule has 0 saturated heterocycles. The summed E-state index contributed by atoms with van der Waals surface area (Å²) >= 11 is 2.26. The average molecular weight is 306 g/mol. The number of aliphatic hydroxyl groups excluding tert-OH is 1. The molecule has 0 amide bonds. The molecule has 0 radical (unpaired) electrons. The van der Waals surface area contributed by atoms with Crippen molar-refractivity contribution >= 4 is 22.6 Å². The van der Waals surface area contributed by atoms with E-state index < -0.39 is 0 Å². The Balaban J connectivity index is 2.94. The molecule has 14 heavy (non-hydrogen) atoms. The molecule has 1 aromatic carbocycles. The van der Waals surface area contributed by atoms with Gasteiger partial charge < -0.3 is 9.84 Å². The van der Waals surface area contributed by atoms with Crippen molar-refractivity contribution in [2.75, 3.05) is 13.2 Å². The van der Waals surface area contributed by atoms with E-state index in [4.69, 9.17) is 9.84 Å². The Bertz CT molecular complexity index is 299. The van der Waals surface area contributed by atoms with Crippen LogP contribution in [0.15, 0.2) is 18.2 Å². The van der Waals surface area contributed by atoms with Crippen molar-refractivity contribution in [3.05, 3.63) is 27.3 Å². The minimum Gasteiger partial charge on any atom is -0.494 e. The molecular formula is C11H15IO2. The van der Waals surface area contributed by atoms with Crippen LogP contribution >= 0.6 is 22.6 Å². The van der Waals surface area contributed by atoms with Crippen LogP contribution in [0, 0.1) is 3.57 Å². The third-order valence-corrected chi connectivity index (χ3v) is 2.67. The predicted molar refractivity (Wildman–Crippen MR) is 65.8 cm³/mol. The van der Waals surface area contributed by atoms with E-state index in [0.29, 0.717) is 6.61 Å². The average Bonchev–Trinajstić information content (AvgIpc) is 2.16. The lowest BCUT2D eigenvalue weighted by atomic mass is 10.0. The van der Waals surface area contributed by atoms with Crippen molar-refractivity contribution in [2.24, 2.45) is 0 Å². The Morgan fingerprint density at radius 1 is 1.43 bits per heavy atom. The van der Waals surface area contributed by atoms with Gasteiger partial charge in [0.25, 0.3) is 0 Å². The first-order chi connectivity index (χ1) is 6.67. The second kappa shape index (κ2) is 5.56. The largest absolute Gasteiger partial charge is 0.494 e. The van der Waals surface area contributed by atoms with Crippen LogP contribution in [0.5, 0.6) is 5.75 Å². The van der Waals surface area contributed by atoms with Gasteiger partial charge in [-0.15, -0.1) is 0 Å². The molecule has 1 unspecified atom stereocenters. The lowest BCUT2D eigenvalue weighted by Crippen LogP contribution is -2.00. The number of hydrogen-bond donors (Lipinski definition) is 1. The summed E-state index contributed by atoms with van der Waals surface area (Å²) in [5, 5.41) is 9.06. The Morgan fingerprint density at radius 2 is 2.14 bits per heavy atom. The lowest BCUT2D eigenvalue weighted by molar-refractivity contribution is 0.272. The SMILES string of the molecule is CCOc1cc(I)cc(C(C)CO)c1. The van der Waals surface area contributed by atoms with E-state index in [1.807, 2.05) is 26.0 Å². The summed E-state index contributed by atoms with van der Waals surface area (Å²) in [4.78, 5) is 0. The summed E-state index contributed by atoms with van der Waals surface area (Å²) in [5.41, 5.74) is 1.13. The van der Waals surface area contributed by atoms with Gasteiger partial charge >= 0.3 is 0 Å². The first-order valence-electron chi connectivity index (χ1n) is 4.71. The number of benzene rings is 1. The minimum atomic E-state index is 0.170. The molecular weight excluding hydrogens is 291 g/mol. The highest BCUT2D eigenvalue weighted by Gasteiger charge is 2.06. The van der Waals surface area contributed by atoms with E-state index in [2.05, 4.69) is 28.7 Å². The minimum absolute atomic E-state index is 0.170. The van der Waals surface area contributed by atoms with Crippen LogP contribution in [-0.4, -0.2) is 18.3 Å².